The van der Waals surface area contributed by atoms with Crippen LogP contribution in [0, 0.1) is 11.6 Å². The second-order valence-electron chi connectivity index (χ2n) is 12.6. The molecule has 0 spiro atoms. The minimum absolute atomic E-state index is 0.130. The lowest BCUT2D eigenvalue weighted by atomic mass is 9.87. The number of hydrogen-bond donors (Lipinski definition) is 2. The van der Waals surface area contributed by atoms with Crippen molar-refractivity contribution in [2.24, 2.45) is 7.05 Å². The third-order valence-corrected chi connectivity index (χ3v) is 10.1. The summed E-state index contributed by atoms with van der Waals surface area (Å²) in [4.78, 5) is 42.7. The van der Waals surface area contributed by atoms with E-state index < -0.39 is 23.5 Å². The highest BCUT2D eigenvalue weighted by molar-refractivity contribution is 9.10. The largest absolute Gasteiger partial charge is 0.379 e. The molecule has 3 atom stereocenters. The molecular weight excluding hydrogens is 660 g/mol. The Balaban J connectivity index is 1.05. The predicted molar refractivity (Wildman–Crippen MR) is 175 cm³/mol. The van der Waals surface area contributed by atoms with Crippen molar-refractivity contribution >= 4 is 39.1 Å². The fraction of sp³-hybridized carbons (Fsp3) is 0.455. The van der Waals surface area contributed by atoms with Gasteiger partial charge in [0.15, 0.2) is 0 Å². The molecule has 3 unspecified atom stereocenters. The Bertz CT molecular complexity index is 1680. The Kier molecular flexibility index (Phi) is 9.53. The van der Waals surface area contributed by atoms with Crippen LogP contribution < -0.4 is 21.1 Å². The summed E-state index contributed by atoms with van der Waals surface area (Å²) >= 11 is 3.41. The molecule has 3 aromatic rings. The summed E-state index contributed by atoms with van der Waals surface area (Å²) in [6.45, 7) is 5.12. The molecule has 6 rings (SSSR count). The first-order valence-corrected chi connectivity index (χ1v) is 16.4. The number of amides is 2. The molecule has 2 amide bonds. The summed E-state index contributed by atoms with van der Waals surface area (Å²) in [5.41, 5.74) is 3.41. The number of nitrogens with one attached hydrogen (secondary N) is 2. The molecule has 0 radical (unpaired) electrons. The maximum absolute atomic E-state index is 14.9. The van der Waals surface area contributed by atoms with Crippen molar-refractivity contribution in [2.45, 2.75) is 43.7 Å². The zero-order valence-corrected chi connectivity index (χ0v) is 27.5. The van der Waals surface area contributed by atoms with Crippen LogP contribution in [0.5, 0.6) is 0 Å². The molecule has 3 saturated heterocycles. The number of rotatable bonds is 7. The van der Waals surface area contributed by atoms with Crippen LogP contribution in [0.2, 0.25) is 0 Å². The van der Waals surface area contributed by atoms with Crippen LogP contribution >= 0.6 is 15.9 Å². The molecule has 10 nitrogen and oxygen atoms in total. The minimum atomic E-state index is -0.809. The standard InChI is InChI=1S/C33H38BrF2N7O3/c1-40-18-22(13-23(19-40)38-28-16-37-41(2)33(46)31(28)34)21-5-3-20(4-6-21)17-42-9-11-43(12-10-42)29-14-25(26(35)15-27(29)36)24-7-8-30(44)39-32(24)45/h3-6,14-16,22-24,38H,7-13,17-19H2,1-2H3,(H,39,44,45). The van der Waals surface area contributed by atoms with Gasteiger partial charge in [0.1, 0.15) is 16.1 Å². The van der Waals surface area contributed by atoms with Crippen molar-refractivity contribution in [1.82, 2.24) is 24.9 Å². The first-order valence-electron chi connectivity index (χ1n) is 15.6. The molecule has 46 heavy (non-hydrogen) atoms. The Morgan fingerprint density at radius 3 is 2.46 bits per heavy atom. The molecule has 0 aliphatic carbocycles. The zero-order chi connectivity index (χ0) is 32.5. The molecule has 4 heterocycles. The van der Waals surface area contributed by atoms with Gasteiger partial charge in [0.25, 0.3) is 5.56 Å². The zero-order valence-electron chi connectivity index (χ0n) is 25.9. The van der Waals surface area contributed by atoms with Crippen LogP contribution in [-0.2, 0) is 23.2 Å². The van der Waals surface area contributed by atoms with Crippen molar-refractivity contribution in [1.29, 1.82) is 0 Å². The molecule has 13 heteroatoms. The molecular formula is C33H38BrF2N7O3. The van der Waals surface area contributed by atoms with Gasteiger partial charge in [-0.25, -0.2) is 13.5 Å². The van der Waals surface area contributed by atoms with Crippen LogP contribution in [0.25, 0.3) is 0 Å². The van der Waals surface area contributed by atoms with Crippen molar-refractivity contribution in [3.63, 3.8) is 0 Å². The van der Waals surface area contributed by atoms with E-state index >= 15 is 0 Å². The molecule has 244 valence electrons. The Labute approximate surface area is 274 Å². The number of carbonyl (C=O) groups is 2. The van der Waals surface area contributed by atoms with Gasteiger partial charge in [-0.05, 0) is 58.9 Å². The first-order chi connectivity index (χ1) is 22.0. The summed E-state index contributed by atoms with van der Waals surface area (Å²) in [5.74, 6) is -2.80. The second kappa shape index (κ2) is 13.6. The molecule has 3 fully saturated rings. The normalized spacial score (nSPS) is 23.0. The molecule has 1 aromatic heterocycles. The number of imide groups is 1. The number of benzene rings is 2. The monoisotopic (exact) mass is 697 g/mol. The van der Waals surface area contributed by atoms with Gasteiger partial charge in [-0.2, -0.15) is 5.10 Å². The highest BCUT2D eigenvalue weighted by atomic mass is 79.9. The lowest BCUT2D eigenvalue weighted by Gasteiger charge is -2.37. The van der Waals surface area contributed by atoms with Crippen LogP contribution in [0.3, 0.4) is 0 Å². The number of likely N-dealkylation sites (tertiary alicyclic amines) is 1. The van der Waals surface area contributed by atoms with Gasteiger partial charge in [0.05, 0.1) is 23.5 Å². The molecule has 0 bridgehead atoms. The fourth-order valence-electron chi connectivity index (χ4n) is 6.85. The number of piperidine rings is 2. The molecule has 2 aromatic carbocycles. The lowest BCUT2D eigenvalue weighted by Crippen LogP contribution is -2.46. The minimum Gasteiger partial charge on any atom is -0.379 e. The average molecular weight is 699 g/mol. The highest BCUT2D eigenvalue weighted by Gasteiger charge is 2.32. The van der Waals surface area contributed by atoms with Gasteiger partial charge in [-0.15, -0.1) is 0 Å². The maximum Gasteiger partial charge on any atom is 0.282 e. The number of likely N-dealkylation sites (N-methyl/N-ethyl adjacent to an activating group) is 1. The van der Waals surface area contributed by atoms with Crippen molar-refractivity contribution in [3.05, 3.63) is 85.7 Å². The second-order valence-corrected chi connectivity index (χ2v) is 13.4. The van der Waals surface area contributed by atoms with E-state index in [1.54, 1.807) is 13.2 Å². The summed E-state index contributed by atoms with van der Waals surface area (Å²) in [6, 6.07) is 11.2. The topological polar surface area (TPSA) is 103 Å². The van der Waals surface area contributed by atoms with Gasteiger partial charge in [0.2, 0.25) is 11.8 Å². The van der Waals surface area contributed by atoms with E-state index in [1.807, 2.05) is 4.90 Å². The molecule has 3 aliphatic heterocycles. The Morgan fingerprint density at radius 1 is 1.00 bits per heavy atom. The quantitative estimate of drug-likeness (QED) is 0.362. The number of piperazine rings is 1. The molecule has 3 aliphatic rings. The van der Waals surface area contributed by atoms with Crippen molar-refractivity contribution in [2.75, 3.05) is 56.5 Å². The third kappa shape index (κ3) is 7.01. The average Bonchev–Trinajstić information content (AvgIpc) is 3.02. The predicted octanol–water partition coefficient (Wildman–Crippen LogP) is 3.56. The van der Waals surface area contributed by atoms with E-state index in [4.69, 9.17) is 0 Å². The number of nitrogens with zero attached hydrogens (tertiary/aromatic N) is 5. The van der Waals surface area contributed by atoms with Gasteiger partial charge in [-0.3, -0.25) is 24.6 Å². The Hall–Kier alpha value is -3.68. The van der Waals surface area contributed by atoms with Gasteiger partial charge in [0, 0.05) is 77.0 Å². The van der Waals surface area contributed by atoms with Crippen LogP contribution in [0.1, 0.15) is 47.8 Å². The molecule has 2 N–H and O–H groups in total. The van der Waals surface area contributed by atoms with Crippen molar-refractivity contribution in [3.8, 4) is 0 Å². The summed E-state index contributed by atoms with van der Waals surface area (Å²) in [6.07, 6.45) is 2.95. The number of aryl methyl sites for hydroxylation is 1. The number of halogens is 3. The lowest BCUT2D eigenvalue weighted by molar-refractivity contribution is -0.134. The van der Waals surface area contributed by atoms with E-state index in [0.29, 0.717) is 42.3 Å². The smallest absolute Gasteiger partial charge is 0.282 e. The van der Waals surface area contributed by atoms with Crippen molar-refractivity contribution < 1.29 is 18.4 Å². The van der Waals surface area contributed by atoms with E-state index in [9.17, 15) is 23.2 Å². The molecule has 0 saturated carbocycles. The van der Waals surface area contributed by atoms with Crippen LogP contribution in [0.4, 0.5) is 20.2 Å². The number of hydrogen-bond acceptors (Lipinski definition) is 8. The fourth-order valence-corrected chi connectivity index (χ4v) is 7.32. The Morgan fingerprint density at radius 2 is 1.74 bits per heavy atom. The summed E-state index contributed by atoms with van der Waals surface area (Å²) < 4.78 is 31.4. The van der Waals surface area contributed by atoms with Gasteiger partial charge in [-0.1, -0.05) is 24.3 Å². The van der Waals surface area contributed by atoms with E-state index in [0.717, 1.165) is 32.1 Å². The summed E-state index contributed by atoms with van der Waals surface area (Å²) in [7, 11) is 3.74. The van der Waals surface area contributed by atoms with Crippen LogP contribution in [-0.4, -0.2) is 83.8 Å². The SMILES string of the molecule is CN1CC(Nc2cnn(C)c(=O)c2Br)CC(c2ccc(CN3CCN(c4cc(C5CCC(=O)NC5=O)c(F)cc4F)CC3)cc2)C1. The highest BCUT2D eigenvalue weighted by Crippen LogP contribution is 2.33. The number of carbonyl (C=O) groups excluding carboxylic acids is 2. The van der Waals surface area contributed by atoms with E-state index in [1.165, 1.54) is 21.9 Å². The van der Waals surface area contributed by atoms with E-state index in [2.05, 4.69) is 72.8 Å². The first kappa shape index (κ1) is 32.3. The number of anilines is 2. The van der Waals surface area contributed by atoms with E-state index in [-0.39, 0.29) is 41.6 Å². The van der Waals surface area contributed by atoms with Gasteiger partial charge >= 0.3 is 0 Å². The van der Waals surface area contributed by atoms with Crippen LogP contribution in [0.15, 0.2) is 51.9 Å². The maximum atomic E-state index is 14.9. The number of aromatic nitrogens is 2. The summed E-state index contributed by atoms with van der Waals surface area (Å²) in [5, 5.41) is 9.92. The third-order valence-electron chi connectivity index (χ3n) is 9.32. The van der Waals surface area contributed by atoms with Gasteiger partial charge < -0.3 is 15.1 Å².